The van der Waals surface area contributed by atoms with Crippen molar-refractivity contribution in [2.45, 2.75) is 19.9 Å². The largest absolute Gasteiger partial charge is 0.346 e. The summed E-state index contributed by atoms with van der Waals surface area (Å²) in [5, 5.41) is 4.54. The monoisotopic (exact) mass is 202 g/mol. The summed E-state index contributed by atoms with van der Waals surface area (Å²) < 4.78 is 2.26. The van der Waals surface area contributed by atoms with Crippen molar-refractivity contribution in [2.75, 3.05) is 7.05 Å². The summed E-state index contributed by atoms with van der Waals surface area (Å²) in [5.41, 5.74) is 4.06. The van der Waals surface area contributed by atoms with E-state index < -0.39 is 0 Å². The third-order valence-corrected chi connectivity index (χ3v) is 2.97. The molecule has 2 rings (SSSR count). The van der Waals surface area contributed by atoms with Gasteiger partial charge in [-0.3, -0.25) is 0 Å². The second kappa shape index (κ2) is 4.07. The highest BCUT2D eigenvalue weighted by Gasteiger charge is 2.04. The lowest BCUT2D eigenvalue weighted by Crippen LogP contribution is -2.08. The molecule has 0 bridgehead atoms. The van der Waals surface area contributed by atoms with Crippen LogP contribution in [0, 0.1) is 0 Å². The fourth-order valence-corrected chi connectivity index (χ4v) is 2.03. The van der Waals surface area contributed by atoms with Crippen molar-refractivity contribution >= 4 is 10.9 Å². The minimum atomic E-state index is 0.923. The van der Waals surface area contributed by atoms with E-state index in [0.29, 0.717) is 0 Å². The Morgan fingerprint density at radius 1 is 1.27 bits per heavy atom. The van der Waals surface area contributed by atoms with E-state index >= 15 is 0 Å². The summed E-state index contributed by atoms with van der Waals surface area (Å²) in [6.45, 7) is 3.12. The molecule has 80 valence electrons. The molecule has 0 saturated heterocycles. The Kier molecular flexibility index (Phi) is 2.78. The van der Waals surface area contributed by atoms with Gasteiger partial charge in [0.15, 0.2) is 0 Å². The second-order valence-electron chi connectivity index (χ2n) is 3.97. The van der Waals surface area contributed by atoms with Crippen LogP contribution in [0.2, 0.25) is 0 Å². The predicted molar refractivity (Wildman–Crippen MR) is 65.1 cm³/mol. The van der Waals surface area contributed by atoms with Gasteiger partial charge < -0.3 is 9.88 Å². The normalized spacial score (nSPS) is 11.1. The molecule has 15 heavy (non-hydrogen) atoms. The number of hydrogen-bond donors (Lipinski definition) is 1. The Bertz CT molecular complexity index is 469. The predicted octanol–water partition coefficient (Wildman–Crippen LogP) is 2.46. The molecule has 1 N–H and O–H groups in total. The highest BCUT2D eigenvalue weighted by molar-refractivity contribution is 5.82. The summed E-state index contributed by atoms with van der Waals surface area (Å²) >= 11 is 0. The van der Waals surface area contributed by atoms with Gasteiger partial charge in [-0.25, -0.2) is 0 Å². The Balaban J connectivity index is 2.55. The summed E-state index contributed by atoms with van der Waals surface area (Å²) in [5.74, 6) is 0. The topological polar surface area (TPSA) is 17.0 Å². The van der Waals surface area contributed by atoms with E-state index in [1.54, 1.807) is 0 Å². The van der Waals surface area contributed by atoms with E-state index in [-0.39, 0.29) is 0 Å². The van der Waals surface area contributed by atoms with Crippen molar-refractivity contribution in [3.05, 3.63) is 35.5 Å². The molecule has 0 unspecified atom stereocenters. The molecule has 0 aliphatic heterocycles. The first kappa shape index (κ1) is 10.2. The van der Waals surface area contributed by atoms with Crippen LogP contribution in [0.3, 0.4) is 0 Å². The molecule has 0 amide bonds. The number of aromatic nitrogens is 1. The molecular weight excluding hydrogens is 184 g/mol. The highest BCUT2D eigenvalue weighted by Crippen LogP contribution is 2.20. The maximum Gasteiger partial charge on any atom is 0.0480 e. The van der Waals surface area contributed by atoms with E-state index in [1.165, 1.54) is 22.2 Å². The summed E-state index contributed by atoms with van der Waals surface area (Å²) in [4.78, 5) is 0. The van der Waals surface area contributed by atoms with Gasteiger partial charge in [-0.2, -0.15) is 0 Å². The minimum absolute atomic E-state index is 0.923. The average molecular weight is 202 g/mol. The zero-order valence-electron chi connectivity index (χ0n) is 9.67. The number of hydrogen-bond acceptors (Lipinski definition) is 1. The quantitative estimate of drug-likeness (QED) is 0.809. The van der Waals surface area contributed by atoms with Crippen molar-refractivity contribution in [1.29, 1.82) is 0 Å². The minimum Gasteiger partial charge on any atom is -0.346 e. The van der Waals surface area contributed by atoms with Gasteiger partial charge >= 0.3 is 0 Å². The molecule has 1 aromatic heterocycles. The number of aryl methyl sites for hydroxylation is 2. The van der Waals surface area contributed by atoms with E-state index in [1.807, 2.05) is 7.05 Å². The molecule has 0 saturated carbocycles. The van der Waals surface area contributed by atoms with Crippen LogP contribution in [0.1, 0.15) is 18.2 Å². The molecule has 2 nitrogen and oxygen atoms in total. The summed E-state index contributed by atoms with van der Waals surface area (Å²) in [7, 11) is 4.11. The molecule has 0 spiro atoms. The fraction of sp³-hybridized carbons (Fsp3) is 0.385. The van der Waals surface area contributed by atoms with E-state index in [9.17, 15) is 0 Å². The molecule has 1 heterocycles. The molecule has 0 radical (unpaired) electrons. The second-order valence-corrected chi connectivity index (χ2v) is 3.97. The summed E-state index contributed by atoms with van der Waals surface area (Å²) in [6.07, 6.45) is 1.10. The van der Waals surface area contributed by atoms with Gasteiger partial charge in [0.1, 0.15) is 0 Å². The molecular formula is C13H18N2. The molecule has 0 aliphatic carbocycles. The van der Waals surface area contributed by atoms with Crippen molar-refractivity contribution < 1.29 is 0 Å². The summed E-state index contributed by atoms with van der Waals surface area (Å²) in [6, 6.07) is 8.98. The lowest BCUT2D eigenvalue weighted by atomic mass is 10.1. The van der Waals surface area contributed by atoms with Crippen molar-refractivity contribution in [1.82, 2.24) is 9.88 Å². The lowest BCUT2D eigenvalue weighted by Gasteiger charge is -2.03. The Hall–Kier alpha value is -1.28. The van der Waals surface area contributed by atoms with E-state index in [2.05, 4.69) is 48.1 Å². The lowest BCUT2D eigenvalue weighted by molar-refractivity contribution is 0.745. The van der Waals surface area contributed by atoms with Crippen LogP contribution in [0.25, 0.3) is 10.9 Å². The Morgan fingerprint density at radius 3 is 2.73 bits per heavy atom. The molecule has 2 heteroatoms. The number of fused-ring (bicyclic) bond motifs is 1. The van der Waals surface area contributed by atoms with Crippen molar-refractivity contribution in [3.63, 3.8) is 0 Å². The first-order valence-electron chi connectivity index (χ1n) is 5.48. The van der Waals surface area contributed by atoms with Gasteiger partial charge in [-0.05, 0) is 37.2 Å². The number of nitrogens with zero attached hydrogens (tertiary/aromatic N) is 1. The standard InChI is InChI=1S/C13H18N2/c1-4-10-5-6-13-11(7-10)8-12(9-14-2)15(13)3/h5-8,14H,4,9H2,1-3H3. The zero-order valence-corrected chi connectivity index (χ0v) is 9.67. The molecule has 0 atom stereocenters. The van der Waals surface area contributed by atoms with E-state index in [4.69, 9.17) is 0 Å². The van der Waals surface area contributed by atoms with Crippen LogP contribution < -0.4 is 5.32 Å². The smallest absolute Gasteiger partial charge is 0.0480 e. The number of rotatable bonds is 3. The van der Waals surface area contributed by atoms with E-state index in [0.717, 1.165) is 13.0 Å². The first-order valence-corrected chi connectivity index (χ1v) is 5.48. The van der Waals surface area contributed by atoms with Crippen LogP contribution in [-0.2, 0) is 20.0 Å². The third-order valence-electron chi connectivity index (χ3n) is 2.97. The van der Waals surface area contributed by atoms with Gasteiger partial charge in [-0.15, -0.1) is 0 Å². The van der Waals surface area contributed by atoms with Crippen LogP contribution >= 0.6 is 0 Å². The van der Waals surface area contributed by atoms with Crippen LogP contribution in [0.5, 0.6) is 0 Å². The van der Waals surface area contributed by atoms with Gasteiger partial charge in [-0.1, -0.05) is 13.0 Å². The number of nitrogens with one attached hydrogen (secondary N) is 1. The highest BCUT2D eigenvalue weighted by atomic mass is 15.0. The number of benzene rings is 1. The SMILES string of the molecule is CCc1ccc2c(c1)cc(CNC)n2C. The van der Waals surface area contributed by atoms with Crippen LogP contribution in [0.4, 0.5) is 0 Å². The Labute approximate surface area is 90.9 Å². The van der Waals surface area contributed by atoms with Gasteiger partial charge in [0.2, 0.25) is 0 Å². The molecule has 1 aromatic carbocycles. The van der Waals surface area contributed by atoms with Crippen LogP contribution in [0.15, 0.2) is 24.3 Å². The molecule has 2 aromatic rings. The third kappa shape index (κ3) is 1.77. The zero-order chi connectivity index (χ0) is 10.8. The van der Waals surface area contributed by atoms with Crippen molar-refractivity contribution in [3.8, 4) is 0 Å². The average Bonchev–Trinajstić information content (AvgIpc) is 2.56. The maximum atomic E-state index is 3.19. The van der Waals surface area contributed by atoms with Gasteiger partial charge in [0.05, 0.1) is 0 Å². The fourth-order valence-electron chi connectivity index (χ4n) is 2.03. The molecule has 0 fully saturated rings. The van der Waals surface area contributed by atoms with Gasteiger partial charge in [0.25, 0.3) is 0 Å². The first-order chi connectivity index (χ1) is 7.26. The van der Waals surface area contributed by atoms with Crippen LogP contribution in [-0.4, -0.2) is 11.6 Å². The Morgan fingerprint density at radius 2 is 2.07 bits per heavy atom. The molecule has 0 aliphatic rings. The van der Waals surface area contributed by atoms with Gasteiger partial charge in [0, 0.05) is 30.2 Å². The maximum absolute atomic E-state index is 3.19. The van der Waals surface area contributed by atoms with Crippen molar-refractivity contribution in [2.24, 2.45) is 7.05 Å².